The Kier molecular flexibility index (Phi) is 5.75. The summed E-state index contributed by atoms with van der Waals surface area (Å²) >= 11 is 0. The molecule has 0 fully saturated rings. The monoisotopic (exact) mass is 373 g/mol. The molecule has 0 bridgehead atoms. The zero-order valence-electron chi connectivity index (χ0n) is 14.8. The van der Waals surface area contributed by atoms with Crippen LogP contribution in [-0.2, 0) is 4.79 Å². The maximum absolute atomic E-state index is 12.8. The van der Waals surface area contributed by atoms with Crippen LogP contribution in [-0.4, -0.2) is 31.7 Å². The second-order valence-corrected chi connectivity index (χ2v) is 6.01. The van der Waals surface area contributed by atoms with Crippen LogP contribution in [0.15, 0.2) is 42.5 Å². The molecule has 1 atom stereocenters. The van der Waals surface area contributed by atoms with Crippen molar-refractivity contribution in [1.29, 1.82) is 0 Å². The molecule has 1 aliphatic rings. The summed E-state index contributed by atoms with van der Waals surface area (Å²) in [6.45, 7) is 2.62. The van der Waals surface area contributed by atoms with E-state index in [-0.39, 0.29) is 12.6 Å². The lowest BCUT2D eigenvalue weighted by Crippen LogP contribution is -2.41. The highest BCUT2D eigenvalue weighted by Gasteiger charge is 2.16. The van der Waals surface area contributed by atoms with Crippen molar-refractivity contribution in [1.82, 2.24) is 10.6 Å². The number of rotatable bonds is 5. The third kappa shape index (κ3) is 5.10. The van der Waals surface area contributed by atoms with Crippen LogP contribution in [0, 0.1) is 5.82 Å². The van der Waals surface area contributed by atoms with Crippen LogP contribution in [0.3, 0.4) is 0 Å². The summed E-state index contributed by atoms with van der Waals surface area (Å²) in [7, 11) is 0. The second-order valence-electron chi connectivity index (χ2n) is 6.01. The van der Waals surface area contributed by atoms with Gasteiger partial charge in [-0.2, -0.15) is 0 Å². The topological polar surface area (TPSA) is 88.7 Å². The van der Waals surface area contributed by atoms with Crippen LogP contribution in [0.25, 0.3) is 0 Å². The average Bonchev–Trinajstić information content (AvgIpc) is 2.68. The first-order valence-electron chi connectivity index (χ1n) is 8.50. The molecule has 1 unspecified atom stereocenters. The van der Waals surface area contributed by atoms with Gasteiger partial charge in [0.2, 0.25) is 5.91 Å². The smallest absolute Gasteiger partial charge is 0.315 e. The molecule has 0 saturated heterocycles. The van der Waals surface area contributed by atoms with E-state index in [9.17, 15) is 14.0 Å². The number of nitrogens with one attached hydrogen (secondary N) is 3. The van der Waals surface area contributed by atoms with Gasteiger partial charge in [0.1, 0.15) is 19.0 Å². The fraction of sp³-hybridized carbons (Fsp3) is 0.263. The molecule has 142 valence electrons. The molecule has 8 heteroatoms. The van der Waals surface area contributed by atoms with Gasteiger partial charge in [0.05, 0.1) is 12.6 Å². The van der Waals surface area contributed by atoms with Gasteiger partial charge >= 0.3 is 6.03 Å². The van der Waals surface area contributed by atoms with E-state index >= 15 is 0 Å². The van der Waals surface area contributed by atoms with Gasteiger partial charge in [-0.05, 0) is 48.9 Å². The van der Waals surface area contributed by atoms with E-state index in [1.165, 1.54) is 24.3 Å². The van der Waals surface area contributed by atoms with Crippen LogP contribution in [0.2, 0.25) is 0 Å². The number of amides is 3. The fourth-order valence-electron chi connectivity index (χ4n) is 2.56. The number of benzene rings is 2. The lowest BCUT2D eigenvalue weighted by molar-refractivity contribution is -0.115. The standard InChI is InChI=1S/C19H20FN3O4/c1-12(13-2-7-16-17(10-13)27-9-8-26-16)22-19(25)21-11-18(24)23-15-5-3-14(20)4-6-15/h2-7,10,12H,8-9,11H2,1H3,(H,23,24)(H2,21,22,25). The number of halogens is 1. The van der Waals surface area contributed by atoms with Crippen LogP contribution in [0.5, 0.6) is 11.5 Å². The van der Waals surface area contributed by atoms with Crippen molar-refractivity contribution in [3.8, 4) is 11.5 Å². The van der Waals surface area contributed by atoms with Crippen molar-refractivity contribution < 1.29 is 23.5 Å². The van der Waals surface area contributed by atoms with Crippen molar-refractivity contribution in [2.45, 2.75) is 13.0 Å². The van der Waals surface area contributed by atoms with Crippen molar-refractivity contribution in [2.24, 2.45) is 0 Å². The predicted molar refractivity (Wildman–Crippen MR) is 97.4 cm³/mol. The Morgan fingerprint density at radius 1 is 1.07 bits per heavy atom. The van der Waals surface area contributed by atoms with Gasteiger partial charge in [-0.1, -0.05) is 6.07 Å². The van der Waals surface area contributed by atoms with Crippen molar-refractivity contribution in [3.05, 3.63) is 53.8 Å². The second kappa shape index (κ2) is 8.39. The molecule has 7 nitrogen and oxygen atoms in total. The normalized spacial score (nSPS) is 13.4. The zero-order valence-corrected chi connectivity index (χ0v) is 14.8. The van der Waals surface area contributed by atoms with E-state index in [1.54, 1.807) is 6.07 Å². The molecule has 27 heavy (non-hydrogen) atoms. The number of urea groups is 1. The Hall–Kier alpha value is -3.29. The first-order chi connectivity index (χ1) is 13.0. The largest absolute Gasteiger partial charge is 0.486 e. The number of fused-ring (bicyclic) bond motifs is 1. The third-order valence-electron chi connectivity index (χ3n) is 3.95. The SMILES string of the molecule is CC(NC(=O)NCC(=O)Nc1ccc(F)cc1)c1ccc2c(c1)OCCO2. The molecular formula is C19H20FN3O4. The number of ether oxygens (including phenoxy) is 2. The molecule has 2 aromatic rings. The summed E-state index contributed by atoms with van der Waals surface area (Å²) in [5, 5.41) is 7.80. The lowest BCUT2D eigenvalue weighted by atomic mass is 10.1. The quantitative estimate of drug-likeness (QED) is 0.752. The molecular weight excluding hydrogens is 353 g/mol. The Balaban J connectivity index is 1.47. The fourth-order valence-corrected chi connectivity index (χ4v) is 2.56. The van der Waals surface area contributed by atoms with Crippen molar-refractivity contribution >= 4 is 17.6 Å². The maximum atomic E-state index is 12.8. The van der Waals surface area contributed by atoms with Gasteiger partial charge in [0.25, 0.3) is 0 Å². The highest BCUT2D eigenvalue weighted by Crippen LogP contribution is 2.32. The molecule has 1 aliphatic heterocycles. The van der Waals surface area contributed by atoms with Gasteiger partial charge in [0, 0.05) is 5.69 Å². The first-order valence-corrected chi connectivity index (χ1v) is 8.50. The number of hydrogen-bond acceptors (Lipinski definition) is 4. The van der Waals surface area contributed by atoms with Crippen molar-refractivity contribution in [2.75, 3.05) is 25.1 Å². The van der Waals surface area contributed by atoms with E-state index < -0.39 is 17.8 Å². The minimum Gasteiger partial charge on any atom is -0.486 e. The molecule has 3 N–H and O–H groups in total. The van der Waals surface area contributed by atoms with E-state index in [2.05, 4.69) is 16.0 Å². The highest BCUT2D eigenvalue weighted by atomic mass is 19.1. The van der Waals surface area contributed by atoms with Gasteiger partial charge in [0.15, 0.2) is 11.5 Å². The summed E-state index contributed by atoms with van der Waals surface area (Å²) in [6, 6.07) is 10.1. The van der Waals surface area contributed by atoms with Gasteiger partial charge in [-0.25, -0.2) is 9.18 Å². The first kappa shape index (κ1) is 18.5. The summed E-state index contributed by atoms with van der Waals surface area (Å²) in [5.41, 5.74) is 1.30. The summed E-state index contributed by atoms with van der Waals surface area (Å²) in [5.74, 6) is 0.521. The molecule has 3 amide bonds. The summed E-state index contributed by atoms with van der Waals surface area (Å²) in [4.78, 5) is 23.8. The predicted octanol–water partition coefficient (Wildman–Crippen LogP) is 2.60. The molecule has 0 saturated carbocycles. The molecule has 2 aromatic carbocycles. The minimum absolute atomic E-state index is 0.211. The van der Waals surface area contributed by atoms with Gasteiger partial charge < -0.3 is 25.4 Å². The van der Waals surface area contributed by atoms with E-state index in [0.29, 0.717) is 30.4 Å². The Morgan fingerprint density at radius 2 is 1.78 bits per heavy atom. The van der Waals surface area contributed by atoms with E-state index in [4.69, 9.17) is 9.47 Å². The summed E-state index contributed by atoms with van der Waals surface area (Å²) < 4.78 is 23.8. The average molecular weight is 373 g/mol. The van der Waals surface area contributed by atoms with Gasteiger partial charge in [-0.15, -0.1) is 0 Å². The maximum Gasteiger partial charge on any atom is 0.315 e. The number of anilines is 1. The Morgan fingerprint density at radius 3 is 2.52 bits per heavy atom. The van der Waals surface area contributed by atoms with Crippen LogP contribution < -0.4 is 25.4 Å². The number of carbonyl (C=O) groups excluding carboxylic acids is 2. The molecule has 0 spiro atoms. The van der Waals surface area contributed by atoms with Gasteiger partial charge in [-0.3, -0.25) is 4.79 Å². The number of carbonyl (C=O) groups is 2. The zero-order chi connectivity index (χ0) is 19.2. The lowest BCUT2D eigenvalue weighted by Gasteiger charge is -2.21. The minimum atomic E-state index is -0.480. The van der Waals surface area contributed by atoms with E-state index in [0.717, 1.165) is 5.56 Å². The molecule has 3 rings (SSSR count). The van der Waals surface area contributed by atoms with Crippen molar-refractivity contribution in [3.63, 3.8) is 0 Å². The number of hydrogen-bond donors (Lipinski definition) is 3. The van der Waals surface area contributed by atoms with E-state index in [1.807, 2.05) is 19.1 Å². The Labute approximate surface area is 155 Å². The molecule has 0 aromatic heterocycles. The van der Waals surface area contributed by atoms with Crippen LogP contribution >= 0.6 is 0 Å². The van der Waals surface area contributed by atoms with Crippen LogP contribution in [0.1, 0.15) is 18.5 Å². The molecule has 0 aliphatic carbocycles. The molecule has 1 heterocycles. The van der Waals surface area contributed by atoms with Crippen LogP contribution in [0.4, 0.5) is 14.9 Å². The third-order valence-corrected chi connectivity index (χ3v) is 3.95. The highest BCUT2D eigenvalue weighted by molar-refractivity contribution is 5.94. The summed E-state index contributed by atoms with van der Waals surface area (Å²) in [6.07, 6.45) is 0. The Bertz CT molecular complexity index is 826. The molecule has 0 radical (unpaired) electrons.